The van der Waals surface area contributed by atoms with Crippen LogP contribution >= 0.6 is 11.3 Å². The fourth-order valence-corrected chi connectivity index (χ4v) is 3.80. The molecule has 0 N–H and O–H groups in total. The zero-order valence-corrected chi connectivity index (χ0v) is 13.6. The maximum atomic E-state index is 12.6. The molecule has 1 aromatic heterocycles. The van der Waals surface area contributed by atoms with Crippen molar-refractivity contribution < 1.29 is 9.53 Å². The van der Waals surface area contributed by atoms with Crippen LogP contribution in [0.25, 0.3) is 0 Å². The largest absolute Gasteiger partial charge is 0.497 e. The molecule has 1 amide bonds. The molecule has 1 fully saturated rings. The summed E-state index contributed by atoms with van der Waals surface area (Å²) in [5.74, 6) is 1.12. The topological polar surface area (TPSA) is 29.5 Å². The van der Waals surface area contributed by atoms with Gasteiger partial charge in [-0.3, -0.25) is 4.79 Å². The summed E-state index contributed by atoms with van der Waals surface area (Å²) in [5, 5.41) is 2.06. The van der Waals surface area contributed by atoms with Gasteiger partial charge < -0.3 is 9.64 Å². The fraction of sp³-hybridized carbons (Fsp3) is 0.389. The predicted octanol–water partition coefficient (Wildman–Crippen LogP) is 4.05. The lowest BCUT2D eigenvalue weighted by Crippen LogP contribution is -2.30. The van der Waals surface area contributed by atoms with Crippen LogP contribution in [0, 0.1) is 0 Å². The summed E-state index contributed by atoms with van der Waals surface area (Å²) in [4.78, 5) is 15.9. The average molecular weight is 315 g/mol. The summed E-state index contributed by atoms with van der Waals surface area (Å²) >= 11 is 1.72. The van der Waals surface area contributed by atoms with Crippen molar-refractivity contribution >= 4 is 17.2 Å². The molecular weight excluding hydrogens is 294 g/mol. The van der Waals surface area contributed by atoms with Crippen LogP contribution in [0.2, 0.25) is 0 Å². The van der Waals surface area contributed by atoms with Gasteiger partial charge in [0.05, 0.1) is 13.2 Å². The summed E-state index contributed by atoms with van der Waals surface area (Å²) in [6.45, 7) is 0.866. The van der Waals surface area contributed by atoms with Crippen molar-refractivity contribution in [3.63, 3.8) is 0 Å². The molecule has 22 heavy (non-hydrogen) atoms. The SMILES string of the molecule is COc1cccc([C@H]2CCCN2C(=O)CCc2cccs2)c1. The van der Waals surface area contributed by atoms with E-state index in [0.29, 0.717) is 6.42 Å². The number of carbonyl (C=O) groups is 1. The summed E-state index contributed by atoms with van der Waals surface area (Å²) in [5.41, 5.74) is 1.18. The van der Waals surface area contributed by atoms with Crippen LogP contribution in [-0.2, 0) is 11.2 Å². The lowest BCUT2D eigenvalue weighted by Gasteiger charge is -2.25. The van der Waals surface area contributed by atoms with Crippen molar-refractivity contribution in [2.75, 3.05) is 13.7 Å². The molecule has 4 heteroatoms. The molecule has 2 aromatic rings. The number of thiophene rings is 1. The number of hydrogen-bond donors (Lipinski definition) is 0. The molecule has 1 saturated heterocycles. The number of ether oxygens (including phenoxy) is 1. The molecule has 1 atom stereocenters. The van der Waals surface area contributed by atoms with Crippen LogP contribution in [0.4, 0.5) is 0 Å². The number of aryl methyl sites for hydroxylation is 1. The summed E-state index contributed by atoms with van der Waals surface area (Å²) in [6.07, 6.45) is 3.56. The first-order valence-corrected chi connectivity index (χ1v) is 8.61. The van der Waals surface area contributed by atoms with E-state index in [4.69, 9.17) is 4.74 Å². The van der Waals surface area contributed by atoms with Gasteiger partial charge in [-0.25, -0.2) is 0 Å². The van der Waals surface area contributed by atoms with Crippen LogP contribution in [0.5, 0.6) is 5.75 Å². The van der Waals surface area contributed by atoms with Gasteiger partial charge in [0.25, 0.3) is 0 Å². The lowest BCUT2D eigenvalue weighted by molar-refractivity contribution is -0.132. The van der Waals surface area contributed by atoms with Crippen LogP contribution in [-0.4, -0.2) is 24.5 Å². The van der Waals surface area contributed by atoms with Gasteiger partial charge in [-0.1, -0.05) is 18.2 Å². The number of likely N-dealkylation sites (tertiary alicyclic amines) is 1. The molecule has 0 bridgehead atoms. The molecule has 3 rings (SSSR count). The van der Waals surface area contributed by atoms with Gasteiger partial charge in [0.2, 0.25) is 5.91 Å². The van der Waals surface area contributed by atoms with Gasteiger partial charge in [0, 0.05) is 17.8 Å². The number of rotatable bonds is 5. The van der Waals surface area contributed by atoms with Gasteiger partial charge in [-0.15, -0.1) is 11.3 Å². The van der Waals surface area contributed by atoms with Gasteiger partial charge in [0.15, 0.2) is 0 Å². The second kappa shape index (κ2) is 6.97. The van der Waals surface area contributed by atoms with Gasteiger partial charge >= 0.3 is 0 Å². The standard InChI is InChI=1S/C18H21NO2S/c1-21-15-6-2-5-14(13-15)17-8-3-11-19(17)18(20)10-9-16-7-4-12-22-16/h2,4-7,12-13,17H,3,8-11H2,1H3/t17-/m1/s1. The van der Waals surface area contributed by atoms with E-state index in [0.717, 1.165) is 31.6 Å². The molecule has 0 aliphatic carbocycles. The number of methoxy groups -OCH3 is 1. The Morgan fingerprint density at radius 1 is 1.36 bits per heavy atom. The van der Waals surface area contributed by atoms with E-state index in [2.05, 4.69) is 23.6 Å². The minimum Gasteiger partial charge on any atom is -0.497 e. The first kappa shape index (κ1) is 15.1. The molecule has 1 aliphatic heterocycles. The van der Waals surface area contributed by atoms with Crippen molar-refractivity contribution in [2.24, 2.45) is 0 Å². The third-order valence-electron chi connectivity index (χ3n) is 4.22. The highest BCUT2D eigenvalue weighted by Crippen LogP contribution is 2.34. The second-order valence-corrected chi connectivity index (χ2v) is 6.63. The van der Waals surface area contributed by atoms with E-state index in [9.17, 15) is 4.79 Å². The van der Waals surface area contributed by atoms with Crippen LogP contribution in [0.1, 0.15) is 35.7 Å². The third-order valence-corrected chi connectivity index (χ3v) is 5.15. The van der Waals surface area contributed by atoms with Gasteiger partial charge in [0.1, 0.15) is 5.75 Å². The molecule has 116 valence electrons. The van der Waals surface area contributed by atoms with Crippen molar-refractivity contribution in [1.82, 2.24) is 4.90 Å². The van der Waals surface area contributed by atoms with E-state index in [-0.39, 0.29) is 11.9 Å². The highest BCUT2D eigenvalue weighted by Gasteiger charge is 2.29. The molecule has 2 heterocycles. The van der Waals surface area contributed by atoms with Gasteiger partial charge in [-0.05, 0) is 48.4 Å². The number of benzene rings is 1. The lowest BCUT2D eigenvalue weighted by atomic mass is 10.0. The number of carbonyl (C=O) groups excluding carboxylic acids is 1. The normalized spacial score (nSPS) is 17.7. The van der Waals surface area contributed by atoms with Crippen LogP contribution in [0.15, 0.2) is 41.8 Å². The highest BCUT2D eigenvalue weighted by atomic mass is 32.1. The number of hydrogen-bond acceptors (Lipinski definition) is 3. The van der Waals surface area contributed by atoms with E-state index in [1.165, 1.54) is 10.4 Å². The maximum absolute atomic E-state index is 12.6. The quantitative estimate of drug-likeness (QED) is 0.833. The Morgan fingerprint density at radius 2 is 2.27 bits per heavy atom. The smallest absolute Gasteiger partial charge is 0.223 e. The summed E-state index contributed by atoms with van der Waals surface area (Å²) < 4.78 is 5.30. The van der Waals surface area contributed by atoms with E-state index >= 15 is 0 Å². The first-order valence-electron chi connectivity index (χ1n) is 7.74. The van der Waals surface area contributed by atoms with Gasteiger partial charge in [-0.2, -0.15) is 0 Å². The third kappa shape index (κ3) is 3.33. The minimum absolute atomic E-state index is 0.200. The van der Waals surface area contributed by atoms with Crippen LogP contribution in [0.3, 0.4) is 0 Å². The summed E-state index contributed by atoms with van der Waals surface area (Å²) in [6, 6.07) is 12.4. The molecule has 0 spiro atoms. The summed E-state index contributed by atoms with van der Waals surface area (Å²) in [7, 11) is 1.68. The maximum Gasteiger partial charge on any atom is 0.223 e. The zero-order valence-electron chi connectivity index (χ0n) is 12.8. The zero-order chi connectivity index (χ0) is 15.4. The molecule has 1 aliphatic rings. The second-order valence-electron chi connectivity index (χ2n) is 5.60. The predicted molar refractivity (Wildman–Crippen MR) is 89.3 cm³/mol. The Balaban J connectivity index is 1.68. The van der Waals surface area contributed by atoms with Crippen LogP contribution < -0.4 is 4.74 Å². The van der Waals surface area contributed by atoms with Crippen molar-refractivity contribution in [3.05, 3.63) is 52.2 Å². The average Bonchev–Trinajstić information content (AvgIpc) is 3.24. The minimum atomic E-state index is 0.200. The van der Waals surface area contributed by atoms with E-state index in [1.807, 2.05) is 23.1 Å². The number of amides is 1. The van der Waals surface area contributed by atoms with Crippen molar-refractivity contribution in [1.29, 1.82) is 0 Å². The molecule has 1 aromatic carbocycles. The molecule has 0 unspecified atom stereocenters. The Kier molecular flexibility index (Phi) is 4.78. The van der Waals surface area contributed by atoms with E-state index < -0.39 is 0 Å². The Labute approximate surface area is 135 Å². The molecule has 3 nitrogen and oxygen atoms in total. The van der Waals surface area contributed by atoms with E-state index in [1.54, 1.807) is 18.4 Å². The monoisotopic (exact) mass is 315 g/mol. The highest BCUT2D eigenvalue weighted by molar-refractivity contribution is 7.09. The Morgan fingerprint density at radius 3 is 3.05 bits per heavy atom. The molecule has 0 radical (unpaired) electrons. The Hall–Kier alpha value is -1.81. The Bertz CT molecular complexity index is 624. The molecule has 0 saturated carbocycles. The number of nitrogens with zero attached hydrogens (tertiary/aromatic N) is 1. The molecular formula is C18H21NO2S. The van der Waals surface area contributed by atoms with Crippen molar-refractivity contribution in [2.45, 2.75) is 31.7 Å². The fourth-order valence-electron chi connectivity index (χ4n) is 3.09. The first-order chi connectivity index (χ1) is 10.8. The van der Waals surface area contributed by atoms with Crippen molar-refractivity contribution in [3.8, 4) is 5.75 Å².